The Labute approximate surface area is 79.3 Å². The predicted molar refractivity (Wildman–Crippen MR) is 52.0 cm³/mol. The Morgan fingerprint density at radius 3 is 2.69 bits per heavy atom. The molecule has 4 N–H and O–H groups in total. The highest BCUT2D eigenvalue weighted by atomic mass is 16.1. The van der Waals surface area contributed by atoms with Crippen LogP contribution in [0.5, 0.6) is 0 Å². The van der Waals surface area contributed by atoms with Crippen LogP contribution in [0.25, 0.3) is 0 Å². The van der Waals surface area contributed by atoms with Gasteiger partial charge in [0.1, 0.15) is 0 Å². The molecular weight excluding hydrogens is 166 g/mol. The van der Waals surface area contributed by atoms with Gasteiger partial charge in [0, 0.05) is 19.1 Å². The topological polar surface area (TPSA) is 72.3 Å². The largest absolute Gasteiger partial charge is 0.369 e. The van der Waals surface area contributed by atoms with Crippen molar-refractivity contribution < 1.29 is 4.79 Å². The lowest BCUT2D eigenvalue weighted by Crippen LogP contribution is -2.39. The van der Waals surface area contributed by atoms with Crippen molar-refractivity contribution in [2.24, 2.45) is 16.9 Å². The zero-order valence-electron chi connectivity index (χ0n) is 8.42. The summed E-state index contributed by atoms with van der Waals surface area (Å²) in [5, 5.41) is 0. The molecule has 4 nitrogen and oxygen atoms in total. The molecule has 13 heavy (non-hydrogen) atoms. The van der Waals surface area contributed by atoms with Crippen molar-refractivity contribution in [1.29, 1.82) is 0 Å². The molecule has 1 aliphatic rings. The summed E-state index contributed by atoms with van der Waals surface area (Å²) in [6.07, 6.45) is 0.856. The minimum absolute atomic E-state index is 0.162. The van der Waals surface area contributed by atoms with Gasteiger partial charge in [-0.2, -0.15) is 0 Å². The molecule has 76 valence electrons. The molecule has 1 heterocycles. The molecule has 1 aliphatic heterocycles. The van der Waals surface area contributed by atoms with E-state index < -0.39 is 0 Å². The normalized spacial score (nSPS) is 31.9. The smallest absolute Gasteiger partial charge is 0.224 e. The number of rotatable bonds is 3. The average molecular weight is 185 g/mol. The van der Waals surface area contributed by atoms with Crippen LogP contribution in [0.15, 0.2) is 0 Å². The minimum Gasteiger partial charge on any atom is -0.369 e. The lowest BCUT2D eigenvalue weighted by atomic mass is 9.89. The lowest BCUT2D eigenvalue weighted by molar-refractivity contribution is -0.126. The zero-order valence-corrected chi connectivity index (χ0v) is 8.42. The summed E-state index contributed by atoms with van der Waals surface area (Å²) in [7, 11) is 0. The maximum Gasteiger partial charge on any atom is 0.224 e. The quantitative estimate of drug-likeness (QED) is 0.624. The van der Waals surface area contributed by atoms with Gasteiger partial charge >= 0.3 is 0 Å². The molecule has 4 heteroatoms. The van der Waals surface area contributed by atoms with Crippen LogP contribution < -0.4 is 11.5 Å². The summed E-state index contributed by atoms with van der Waals surface area (Å²) in [5.41, 5.74) is 10.7. The average Bonchev–Trinajstić information content (AvgIpc) is 2.32. The van der Waals surface area contributed by atoms with Crippen LogP contribution in [0, 0.1) is 5.41 Å². The van der Waals surface area contributed by atoms with E-state index in [0.717, 1.165) is 26.1 Å². The van der Waals surface area contributed by atoms with Crippen LogP contribution in [0.3, 0.4) is 0 Å². The molecule has 0 aliphatic carbocycles. The standard InChI is InChI=1S/C9H19N3O/c1-7(10)5-12-4-3-9(2,6-12)8(11)13/h7H,3-6,10H2,1-2H3,(H2,11,13). The number of primary amides is 1. The number of likely N-dealkylation sites (tertiary alicyclic amines) is 1. The first-order chi connectivity index (χ1) is 5.94. The van der Waals surface area contributed by atoms with Gasteiger partial charge in [-0.1, -0.05) is 0 Å². The van der Waals surface area contributed by atoms with Gasteiger partial charge in [0.05, 0.1) is 5.41 Å². The number of hydrogen-bond donors (Lipinski definition) is 2. The summed E-state index contributed by atoms with van der Waals surface area (Å²) in [5.74, 6) is -0.195. The van der Waals surface area contributed by atoms with Crippen molar-refractivity contribution in [3.63, 3.8) is 0 Å². The van der Waals surface area contributed by atoms with Crippen LogP contribution in [-0.4, -0.2) is 36.5 Å². The van der Waals surface area contributed by atoms with E-state index in [1.807, 2.05) is 13.8 Å². The molecule has 0 aromatic heterocycles. The van der Waals surface area contributed by atoms with Gasteiger partial charge in [0.15, 0.2) is 0 Å². The second-order valence-electron chi connectivity index (χ2n) is 4.39. The third-order valence-electron chi connectivity index (χ3n) is 2.69. The van der Waals surface area contributed by atoms with E-state index in [2.05, 4.69) is 4.90 Å². The molecular formula is C9H19N3O. The Bertz CT molecular complexity index is 205. The number of amides is 1. The molecule has 2 unspecified atom stereocenters. The highest BCUT2D eigenvalue weighted by Gasteiger charge is 2.38. The highest BCUT2D eigenvalue weighted by Crippen LogP contribution is 2.29. The molecule has 0 bridgehead atoms. The van der Waals surface area contributed by atoms with E-state index in [4.69, 9.17) is 11.5 Å². The van der Waals surface area contributed by atoms with Gasteiger partial charge in [-0.3, -0.25) is 4.79 Å². The molecule has 1 rings (SSSR count). The molecule has 0 radical (unpaired) electrons. The maximum absolute atomic E-state index is 11.1. The Balaban J connectivity index is 2.48. The van der Waals surface area contributed by atoms with E-state index in [9.17, 15) is 4.79 Å². The molecule has 1 saturated heterocycles. The summed E-state index contributed by atoms with van der Waals surface area (Å²) in [4.78, 5) is 13.3. The Morgan fingerprint density at radius 2 is 2.31 bits per heavy atom. The second kappa shape index (κ2) is 3.64. The fourth-order valence-corrected chi connectivity index (χ4v) is 1.82. The number of hydrogen-bond acceptors (Lipinski definition) is 3. The molecule has 0 aromatic rings. The third-order valence-corrected chi connectivity index (χ3v) is 2.69. The van der Waals surface area contributed by atoms with E-state index in [0.29, 0.717) is 0 Å². The molecule has 2 atom stereocenters. The van der Waals surface area contributed by atoms with Crippen molar-refractivity contribution in [2.45, 2.75) is 26.3 Å². The van der Waals surface area contributed by atoms with Gasteiger partial charge in [0.25, 0.3) is 0 Å². The second-order valence-corrected chi connectivity index (χ2v) is 4.39. The number of carbonyl (C=O) groups excluding carboxylic acids is 1. The molecule has 0 saturated carbocycles. The molecule has 1 fully saturated rings. The number of nitrogens with zero attached hydrogens (tertiary/aromatic N) is 1. The Morgan fingerprint density at radius 1 is 1.69 bits per heavy atom. The van der Waals surface area contributed by atoms with Crippen LogP contribution in [0.1, 0.15) is 20.3 Å². The fraction of sp³-hybridized carbons (Fsp3) is 0.889. The number of nitrogens with two attached hydrogens (primary N) is 2. The SMILES string of the molecule is CC(N)CN1CCC(C)(C(N)=O)C1. The van der Waals surface area contributed by atoms with E-state index in [-0.39, 0.29) is 17.4 Å². The Kier molecular flexibility index (Phi) is 2.93. The van der Waals surface area contributed by atoms with E-state index in [1.165, 1.54) is 0 Å². The zero-order chi connectivity index (χ0) is 10.1. The summed E-state index contributed by atoms with van der Waals surface area (Å²) < 4.78 is 0. The van der Waals surface area contributed by atoms with Crippen LogP contribution in [-0.2, 0) is 4.79 Å². The minimum atomic E-state index is -0.338. The van der Waals surface area contributed by atoms with Crippen LogP contribution in [0.4, 0.5) is 0 Å². The lowest BCUT2D eigenvalue weighted by Gasteiger charge is -2.22. The van der Waals surface area contributed by atoms with Crippen molar-refractivity contribution in [3.05, 3.63) is 0 Å². The van der Waals surface area contributed by atoms with E-state index >= 15 is 0 Å². The monoisotopic (exact) mass is 185 g/mol. The van der Waals surface area contributed by atoms with Gasteiger partial charge in [-0.25, -0.2) is 0 Å². The van der Waals surface area contributed by atoms with Crippen molar-refractivity contribution >= 4 is 5.91 Å². The number of carbonyl (C=O) groups is 1. The Hall–Kier alpha value is -0.610. The summed E-state index contributed by atoms with van der Waals surface area (Å²) >= 11 is 0. The fourth-order valence-electron chi connectivity index (χ4n) is 1.82. The first-order valence-corrected chi connectivity index (χ1v) is 4.72. The van der Waals surface area contributed by atoms with Crippen molar-refractivity contribution in [3.8, 4) is 0 Å². The van der Waals surface area contributed by atoms with E-state index in [1.54, 1.807) is 0 Å². The van der Waals surface area contributed by atoms with Gasteiger partial charge in [-0.15, -0.1) is 0 Å². The first-order valence-electron chi connectivity index (χ1n) is 4.72. The molecule has 1 amide bonds. The predicted octanol–water partition coefficient (Wildman–Crippen LogP) is -0.469. The third kappa shape index (κ3) is 2.42. The van der Waals surface area contributed by atoms with Gasteiger partial charge < -0.3 is 16.4 Å². The van der Waals surface area contributed by atoms with Crippen LogP contribution in [0.2, 0.25) is 0 Å². The highest BCUT2D eigenvalue weighted by molar-refractivity contribution is 5.81. The molecule has 0 spiro atoms. The first kappa shape index (κ1) is 10.5. The molecule has 0 aromatic carbocycles. The maximum atomic E-state index is 11.1. The van der Waals surface area contributed by atoms with Gasteiger partial charge in [0.2, 0.25) is 5.91 Å². The van der Waals surface area contributed by atoms with Crippen molar-refractivity contribution in [2.75, 3.05) is 19.6 Å². The van der Waals surface area contributed by atoms with Crippen molar-refractivity contribution in [1.82, 2.24) is 4.90 Å². The summed E-state index contributed by atoms with van der Waals surface area (Å²) in [6.45, 7) is 6.43. The summed E-state index contributed by atoms with van der Waals surface area (Å²) in [6, 6.07) is 0.162. The van der Waals surface area contributed by atoms with Crippen LogP contribution >= 0.6 is 0 Å². The van der Waals surface area contributed by atoms with Gasteiger partial charge in [-0.05, 0) is 26.8 Å².